The number of piperazine rings is 1. The van der Waals surface area contributed by atoms with Crippen LogP contribution >= 0.6 is 0 Å². The molecule has 4 saturated heterocycles. The van der Waals surface area contributed by atoms with Crippen LogP contribution in [0.15, 0.2) is 30.3 Å². The van der Waals surface area contributed by atoms with Crippen molar-refractivity contribution < 1.29 is 14.3 Å². The molecule has 6 unspecified atom stereocenters. The summed E-state index contributed by atoms with van der Waals surface area (Å²) < 4.78 is 5.58. The number of carbonyl (C=O) groups excluding carboxylic acids is 2. The average molecular weight is 482 g/mol. The molecule has 35 heavy (non-hydrogen) atoms. The van der Waals surface area contributed by atoms with Crippen molar-refractivity contribution in [2.24, 2.45) is 17.8 Å². The summed E-state index contributed by atoms with van der Waals surface area (Å²) in [6.45, 7) is 4.72. The third-order valence-corrected chi connectivity index (χ3v) is 9.31. The molecule has 6 rings (SSSR count). The number of hydrogen-bond acceptors (Lipinski definition) is 6. The van der Waals surface area contributed by atoms with Crippen LogP contribution in [0.5, 0.6) is 0 Å². The van der Waals surface area contributed by atoms with E-state index in [1.54, 1.807) is 0 Å². The van der Waals surface area contributed by atoms with Gasteiger partial charge in [-0.2, -0.15) is 0 Å². The number of hydrogen-bond donors (Lipinski definition) is 2. The monoisotopic (exact) mass is 481 g/mol. The van der Waals surface area contributed by atoms with Gasteiger partial charge in [0.05, 0.1) is 12.0 Å². The zero-order chi connectivity index (χ0) is 23.9. The van der Waals surface area contributed by atoms with Crippen molar-refractivity contribution >= 4 is 11.8 Å². The molecule has 190 valence electrons. The highest BCUT2D eigenvalue weighted by atomic mass is 16.5. The summed E-state index contributed by atoms with van der Waals surface area (Å²) >= 11 is 0. The van der Waals surface area contributed by atoms with Crippen molar-refractivity contribution in [3.05, 3.63) is 35.9 Å². The fraction of sp³-hybridized carbons (Fsp3) is 0.704. The molecule has 5 fully saturated rings. The van der Waals surface area contributed by atoms with Crippen molar-refractivity contribution in [1.29, 1.82) is 0 Å². The topological polar surface area (TPSA) is 77.1 Å². The number of nitrogens with one attached hydrogen (secondary N) is 2. The number of likely N-dealkylation sites (N-methyl/N-ethyl adjacent to an activating group) is 1. The van der Waals surface area contributed by atoms with Gasteiger partial charge < -0.3 is 15.0 Å². The summed E-state index contributed by atoms with van der Waals surface area (Å²) in [6.07, 6.45) is 4.72. The van der Waals surface area contributed by atoms with Gasteiger partial charge in [-0.25, -0.2) is 5.01 Å². The van der Waals surface area contributed by atoms with E-state index in [2.05, 4.69) is 56.9 Å². The van der Waals surface area contributed by atoms with E-state index in [1.165, 1.54) is 5.56 Å². The molecule has 2 amide bonds. The Bertz CT molecular complexity index is 923. The zero-order valence-electron chi connectivity index (χ0n) is 20.8. The molecule has 8 nitrogen and oxygen atoms in total. The highest BCUT2D eigenvalue weighted by molar-refractivity contribution is 5.82. The SMILES string of the molecule is CN1CCN(C(=O)C2CCC3C(C2)NC(=O)C2CNN(C4CCOCC4)C23)CC1c1ccccc1. The Morgan fingerprint density at radius 3 is 2.66 bits per heavy atom. The number of hydrazine groups is 1. The van der Waals surface area contributed by atoms with Crippen LogP contribution < -0.4 is 10.7 Å². The van der Waals surface area contributed by atoms with E-state index >= 15 is 0 Å². The lowest BCUT2D eigenvalue weighted by molar-refractivity contribution is -0.143. The molecule has 4 aliphatic heterocycles. The number of ether oxygens (including phenoxy) is 1. The summed E-state index contributed by atoms with van der Waals surface area (Å²) in [5, 5.41) is 5.75. The third-order valence-electron chi connectivity index (χ3n) is 9.31. The number of benzene rings is 1. The van der Waals surface area contributed by atoms with Crippen LogP contribution in [-0.4, -0.2) is 91.2 Å². The smallest absolute Gasteiger partial charge is 0.226 e. The van der Waals surface area contributed by atoms with E-state index in [0.29, 0.717) is 12.0 Å². The van der Waals surface area contributed by atoms with Crippen LogP contribution in [0, 0.1) is 17.8 Å². The largest absolute Gasteiger partial charge is 0.381 e. The number of amides is 2. The first-order valence-corrected chi connectivity index (χ1v) is 13.5. The van der Waals surface area contributed by atoms with Crippen molar-refractivity contribution in [2.75, 3.05) is 46.4 Å². The van der Waals surface area contributed by atoms with Gasteiger partial charge >= 0.3 is 0 Å². The second-order valence-corrected chi connectivity index (χ2v) is 11.2. The van der Waals surface area contributed by atoms with E-state index in [0.717, 1.165) is 71.5 Å². The van der Waals surface area contributed by atoms with Crippen LogP contribution in [0.3, 0.4) is 0 Å². The lowest BCUT2D eigenvalue weighted by Gasteiger charge is -2.49. The summed E-state index contributed by atoms with van der Waals surface area (Å²) in [5.41, 5.74) is 4.85. The normalized spacial score (nSPS) is 36.9. The van der Waals surface area contributed by atoms with Gasteiger partial charge in [-0.3, -0.25) is 19.9 Å². The number of nitrogens with zero attached hydrogens (tertiary/aromatic N) is 3. The van der Waals surface area contributed by atoms with Crippen molar-refractivity contribution in [2.45, 2.75) is 56.3 Å². The highest BCUT2D eigenvalue weighted by Crippen LogP contribution is 2.42. The maximum Gasteiger partial charge on any atom is 0.226 e. The summed E-state index contributed by atoms with van der Waals surface area (Å²) in [6, 6.07) is 11.5. The summed E-state index contributed by atoms with van der Waals surface area (Å²) in [7, 11) is 2.15. The standard InChI is InChI=1S/C27H39N5O3/c1-30-11-12-31(17-24(30)18-5-3-2-4-6-18)27(34)19-7-8-21-23(15-19)29-26(33)22-16-28-32(25(21)22)20-9-13-35-14-10-20/h2-6,19-25,28H,7-17H2,1H3,(H,29,33). The molecule has 2 N–H and O–H groups in total. The predicted octanol–water partition coefficient (Wildman–Crippen LogP) is 1.40. The van der Waals surface area contributed by atoms with Gasteiger partial charge in [0.15, 0.2) is 0 Å². The minimum atomic E-state index is -0.00109. The van der Waals surface area contributed by atoms with Gasteiger partial charge in [0.25, 0.3) is 0 Å². The number of piperidine rings is 1. The average Bonchev–Trinajstić information content (AvgIpc) is 3.36. The molecule has 1 aliphatic carbocycles. The van der Waals surface area contributed by atoms with Gasteiger partial charge in [-0.05, 0) is 50.6 Å². The molecule has 1 saturated carbocycles. The second kappa shape index (κ2) is 9.81. The van der Waals surface area contributed by atoms with Crippen LogP contribution in [0.25, 0.3) is 0 Å². The maximum absolute atomic E-state index is 13.7. The van der Waals surface area contributed by atoms with Crippen molar-refractivity contribution in [3.8, 4) is 0 Å². The molecule has 4 heterocycles. The molecule has 5 aliphatic rings. The molecule has 6 atom stereocenters. The predicted molar refractivity (Wildman–Crippen MR) is 132 cm³/mol. The molecule has 0 spiro atoms. The van der Waals surface area contributed by atoms with Gasteiger partial charge in [-0.15, -0.1) is 0 Å². The first kappa shape index (κ1) is 23.4. The lowest BCUT2D eigenvalue weighted by Crippen LogP contribution is -2.63. The van der Waals surface area contributed by atoms with E-state index in [-0.39, 0.29) is 41.8 Å². The number of fused-ring (bicyclic) bond motifs is 3. The Hall–Kier alpha value is -2.00. The Labute approximate surface area is 208 Å². The Balaban J connectivity index is 1.13. The van der Waals surface area contributed by atoms with Crippen molar-refractivity contribution in [3.63, 3.8) is 0 Å². The summed E-state index contributed by atoms with van der Waals surface area (Å²) in [5.74, 6) is 0.855. The lowest BCUT2D eigenvalue weighted by atomic mass is 9.69. The Morgan fingerprint density at radius 1 is 1.06 bits per heavy atom. The minimum absolute atomic E-state index is 0.00109. The van der Waals surface area contributed by atoms with Gasteiger partial charge in [0.1, 0.15) is 0 Å². The number of rotatable bonds is 3. The van der Waals surface area contributed by atoms with Crippen LogP contribution in [0.4, 0.5) is 0 Å². The van der Waals surface area contributed by atoms with Crippen LogP contribution in [0.2, 0.25) is 0 Å². The first-order chi connectivity index (χ1) is 17.1. The minimum Gasteiger partial charge on any atom is -0.381 e. The van der Waals surface area contributed by atoms with E-state index in [4.69, 9.17) is 4.74 Å². The molecular formula is C27H39N5O3. The van der Waals surface area contributed by atoms with Crippen LogP contribution in [0.1, 0.15) is 43.7 Å². The summed E-state index contributed by atoms with van der Waals surface area (Å²) in [4.78, 5) is 31.2. The van der Waals surface area contributed by atoms with E-state index < -0.39 is 0 Å². The molecule has 0 bridgehead atoms. The van der Waals surface area contributed by atoms with E-state index in [1.807, 2.05) is 6.07 Å². The zero-order valence-corrected chi connectivity index (χ0v) is 20.8. The first-order valence-electron chi connectivity index (χ1n) is 13.5. The molecule has 1 aromatic carbocycles. The quantitative estimate of drug-likeness (QED) is 0.680. The highest BCUT2D eigenvalue weighted by Gasteiger charge is 2.53. The molecular weight excluding hydrogens is 442 g/mol. The molecule has 0 aromatic heterocycles. The van der Waals surface area contributed by atoms with Gasteiger partial charge in [-0.1, -0.05) is 30.3 Å². The molecule has 8 heteroatoms. The Kier molecular flexibility index (Phi) is 6.56. The third kappa shape index (κ3) is 4.39. The van der Waals surface area contributed by atoms with Gasteiger partial charge in [0.2, 0.25) is 11.8 Å². The fourth-order valence-corrected chi connectivity index (χ4v) is 7.36. The van der Waals surface area contributed by atoms with Crippen LogP contribution in [-0.2, 0) is 14.3 Å². The Morgan fingerprint density at radius 2 is 1.86 bits per heavy atom. The van der Waals surface area contributed by atoms with Crippen molar-refractivity contribution in [1.82, 2.24) is 25.6 Å². The van der Waals surface area contributed by atoms with Gasteiger partial charge in [0, 0.05) is 63.4 Å². The molecule has 1 aromatic rings. The maximum atomic E-state index is 13.7. The number of carbonyl (C=O) groups is 2. The second-order valence-electron chi connectivity index (χ2n) is 11.2. The van der Waals surface area contributed by atoms with E-state index in [9.17, 15) is 9.59 Å². The fourth-order valence-electron chi connectivity index (χ4n) is 7.36. The molecule has 0 radical (unpaired) electrons.